The second kappa shape index (κ2) is 4.50. The quantitative estimate of drug-likeness (QED) is 0.840. The number of nitrogens with zero attached hydrogens (tertiary/aromatic N) is 1. The number of carbonyl (C=O) groups is 1. The molecular weight excluding hydrogens is 284 g/mol. The fraction of sp³-hybridized carbons (Fsp3) is 0.250. The maximum Gasteiger partial charge on any atom is 0.257 e. The van der Waals surface area contributed by atoms with Crippen LogP contribution in [0, 0.1) is 0 Å². The lowest BCUT2D eigenvalue weighted by Gasteiger charge is -2.20. The molecule has 1 unspecified atom stereocenters. The molecule has 0 radical (unpaired) electrons. The van der Waals surface area contributed by atoms with Crippen molar-refractivity contribution in [2.75, 3.05) is 23.8 Å². The number of benzene rings is 1. The van der Waals surface area contributed by atoms with E-state index in [0.717, 1.165) is 10.2 Å². The largest absolute Gasteiger partial charge is 0.378 e. The summed E-state index contributed by atoms with van der Waals surface area (Å²) < 4.78 is 0.844. The van der Waals surface area contributed by atoms with Crippen molar-refractivity contribution in [1.82, 2.24) is 0 Å². The second-order valence-corrected chi connectivity index (χ2v) is 4.81. The third-order valence-electron chi connectivity index (χ3n) is 2.73. The summed E-state index contributed by atoms with van der Waals surface area (Å²) in [4.78, 5) is 13.3. The number of hydrogen-bond acceptors (Lipinski definition) is 3. The van der Waals surface area contributed by atoms with Crippen LogP contribution in [-0.4, -0.2) is 24.6 Å². The number of anilines is 2. The SMILES string of the molecule is C=CCN(C)c1cc2c(cc1Br)C(O)C(=O)N2. The molecule has 1 heterocycles. The highest BCUT2D eigenvalue weighted by atomic mass is 79.9. The van der Waals surface area contributed by atoms with Crippen LogP contribution in [0.1, 0.15) is 11.7 Å². The zero-order valence-corrected chi connectivity index (χ0v) is 11.0. The molecule has 2 N–H and O–H groups in total. The summed E-state index contributed by atoms with van der Waals surface area (Å²) in [5.74, 6) is -0.379. The van der Waals surface area contributed by atoms with Crippen molar-refractivity contribution in [2.45, 2.75) is 6.10 Å². The molecule has 0 saturated carbocycles. The van der Waals surface area contributed by atoms with Crippen LogP contribution in [0.4, 0.5) is 11.4 Å². The molecule has 1 aromatic carbocycles. The fourth-order valence-corrected chi connectivity index (χ4v) is 2.50. The predicted molar refractivity (Wildman–Crippen MR) is 71.2 cm³/mol. The van der Waals surface area contributed by atoms with E-state index in [1.807, 2.05) is 18.0 Å². The summed E-state index contributed by atoms with van der Waals surface area (Å²) in [6.45, 7) is 4.39. The number of hydrogen-bond donors (Lipinski definition) is 2. The standard InChI is InChI=1S/C12H13BrN2O2/c1-3-4-15(2)10-6-9-7(5-8(10)13)11(16)12(17)14-9/h3,5-6,11,16H,1,4H2,2H3,(H,14,17). The number of fused-ring (bicyclic) bond motifs is 1. The summed E-state index contributed by atoms with van der Waals surface area (Å²) in [5, 5.41) is 12.3. The first-order valence-corrected chi connectivity index (χ1v) is 5.98. The van der Waals surface area contributed by atoms with Crippen LogP contribution in [0.5, 0.6) is 0 Å². The van der Waals surface area contributed by atoms with Gasteiger partial charge in [-0.2, -0.15) is 0 Å². The second-order valence-electron chi connectivity index (χ2n) is 3.95. The Labute approximate surface area is 108 Å². The van der Waals surface area contributed by atoms with Gasteiger partial charge in [-0.25, -0.2) is 0 Å². The Morgan fingerprint density at radius 2 is 2.35 bits per heavy atom. The first-order chi connectivity index (χ1) is 8.04. The van der Waals surface area contributed by atoms with Crippen LogP contribution >= 0.6 is 15.9 Å². The van der Waals surface area contributed by atoms with Gasteiger partial charge in [0.25, 0.3) is 5.91 Å². The maximum absolute atomic E-state index is 11.3. The molecule has 5 heteroatoms. The number of aliphatic hydroxyl groups excluding tert-OH is 1. The molecule has 4 nitrogen and oxygen atoms in total. The lowest BCUT2D eigenvalue weighted by molar-refractivity contribution is -0.123. The number of nitrogens with one attached hydrogen (secondary N) is 1. The Bertz CT molecular complexity index is 488. The van der Waals surface area contributed by atoms with Crippen LogP contribution in [0.3, 0.4) is 0 Å². The monoisotopic (exact) mass is 296 g/mol. The molecule has 0 fully saturated rings. The number of likely N-dealkylation sites (N-methyl/N-ethyl adjacent to an activating group) is 1. The van der Waals surface area contributed by atoms with Gasteiger partial charge >= 0.3 is 0 Å². The van der Waals surface area contributed by atoms with Crippen LogP contribution in [0.2, 0.25) is 0 Å². The van der Waals surface area contributed by atoms with E-state index in [1.54, 1.807) is 12.1 Å². The molecule has 0 aliphatic carbocycles. The first-order valence-electron chi connectivity index (χ1n) is 5.19. The normalized spacial score (nSPS) is 17.6. The van der Waals surface area contributed by atoms with Crippen LogP contribution < -0.4 is 10.2 Å². The Morgan fingerprint density at radius 1 is 1.65 bits per heavy atom. The van der Waals surface area contributed by atoms with E-state index in [4.69, 9.17) is 0 Å². The zero-order chi connectivity index (χ0) is 12.6. The number of rotatable bonds is 3. The molecular formula is C12H13BrN2O2. The average Bonchev–Trinajstić information content (AvgIpc) is 2.55. The van der Waals surface area contributed by atoms with E-state index in [1.165, 1.54) is 0 Å². The third kappa shape index (κ3) is 2.08. The van der Waals surface area contributed by atoms with Crippen molar-refractivity contribution in [2.24, 2.45) is 0 Å². The van der Waals surface area contributed by atoms with Gasteiger partial charge in [0.15, 0.2) is 6.10 Å². The molecule has 1 aliphatic rings. The molecule has 1 aromatic rings. The first kappa shape index (κ1) is 12.1. The van der Waals surface area contributed by atoms with E-state index >= 15 is 0 Å². The van der Waals surface area contributed by atoms with E-state index < -0.39 is 6.10 Å². The van der Waals surface area contributed by atoms with E-state index in [-0.39, 0.29) is 5.91 Å². The topological polar surface area (TPSA) is 52.6 Å². The lowest BCUT2D eigenvalue weighted by Crippen LogP contribution is -2.17. The summed E-state index contributed by atoms with van der Waals surface area (Å²) in [6.07, 6.45) is 0.729. The van der Waals surface area contributed by atoms with Crippen molar-refractivity contribution in [3.8, 4) is 0 Å². The molecule has 0 aromatic heterocycles. The van der Waals surface area contributed by atoms with E-state index in [2.05, 4.69) is 27.8 Å². The molecule has 0 spiro atoms. The number of halogens is 1. The molecule has 1 amide bonds. The molecule has 17 heavy (non-hydrogen) atoms. The third-order valence-corrected chi connectivity index (χ3v) is 3.37. The van der Waals surface area contributed by atoms with Crippen molar-refractivity contribution < 1.29 is 9.90 Å². The number of amides is 1. The van der Waals surface area contributed by atoms with Crippen LogP contribution in [-0.2, 0) is 4.79 Å². The van der Waals surface area contributed by atoms with Crippen LogP contribution in [0.15, 0.2) is 29.3 Å². The smallest absolute Gasteiger partial charge is 0.257 e. The Balaban J connectivity index is 2.43. The van der Waals surface area contributed by atoms with Crippen molar-refractivity contribution in [3.63, 3.8) is 0 Å². The van der Waals surface area contributed by atoms with Gasteiger partial charge in [-0.15, -0.1) is 6.58 Å². The van der Waals surface area contributed by atoms with Crippen molar-refractivity contribution in [3.05, 3.63) is 34.8 Å². The van der Waals surface area contributed by atoms with Gasteiger partial charge in [0.1, 0.15) is 0 Å². The average molecular weight is 297 g/mol. The molecule has 0 saturated heterocycles. The minimum absolute atomic E-state index is 0.379. The Morgan fingerprint density at radius 3 is 3.00 bits per heavy atom. The Hall–Kier alpha value is -1.33. The minimum atomic E-state index is -1.07. The summed E-state index contributed by atoms with van der Waals surface area (Å²) in [6, 6.07) is 3.61. The van der Waals surface area contributed by atoms with Gasteiger partial charge in [0.2, 0.25) is 0 Å². The molecule has 90 valence electrons. The number of aliphatic hydroxyl groups is 1. The highest BCUT2D eigenvalue weighted by Crippen LogP contribution is 2.38. The lowest BCUT2D eigenvalue weighted by atomic mass is 10.1. The zero-order valence-electron chi connectivity index (χ0n) is 9.40. The van der Waals surface area contributed by atoms with Crippen LogP contribution in [0.25, 0.3) is 0 Å². The van der Waals surface area contributed by atoms with Gasteiger partial charge in [-0.1, -0.05) is 6.08 Å². The highest BCUT2D eigenvalue weighted by molar-refractivity contribution is 9.10. The van der Waals surface area contributed by atoms with Gasteiger partial charge < -0.3 is 15.3 Å². The van der Waals surface area contributed by atoms with Crippen molar-refractivity contribution >= 4 is 33.2 Å². The van der Waals surface area contributed by atoms with Gasteiger partial charge in [0.05, 0.1) is 5.69 Å². The van der Waals surface area contributed by atoms with Crippen molar-refractivity contribution in [1.29, 1.82) is 0 Å². The van der Waals surface area contributed by atoms with Gasteiger partial charge in [0, 0.05) is 29.3 Å². The fourth-order valence-electron chi connectivity index (χ4n) is 1.84. The van der Waals surface area contributed by atoms with Gasteiger partial charge in [-0.3, -0.25) is 4.79 Å². The van der Waals surface area contributed by atoms with E-state index in [0.29, 0.717) is 17.8 Å². The predicted octanol–water partition coefficient (Wildman–Crippen LogP) is 2.06. The minimum Gasteiger partial charge on any atom is -0.378 e. The number of carbonyl (C=O) groups excluding carboxylic acids is 1. The molecule has 0 bridgehead atoms. The maximum atomic E-state index is 11.3. The summed E-state index contributed by atoms with van der Waals surface area (Å²) in [7, 11) is 1.93. The Kier molecular flexibility index (Phi) is 3.22. The summed E-state index contributed by atoms with van der Waals surface area (Å²) >= 11 is 3.44. The summed E-state index contributed by atoms with van der Waals surface area (Å²) in [5.41, 5.74) is 2.22. The molecule has 2 rings (SSSR count). The van der Waals surface area contributed by atoms with Gasteiger partial charge in [-0.05, 0) is 28.1 Å². The molecule has 1 atom stereocenters. The van der Waals surface area contributed by atoms with E-state index in [9.17, 15) is 9.90 Å². The molecule has 1 aliphatic heterocycles. The highest BCUT2D eigenvalue weighted by Gasteiger charge is 2.29.